The minimum Gasteiger partial charge on any atom is -0.368 e. The molecule has 1 heterocycles. The largest absolute Gasteiger partial charge is 0.368 e. The monoisotopic (exact) mass is 226 g/mol. The molecule has 4 heteroatoms. The Bertz CT molecular complexity index is 322. The second-order valence-corrected chi connectivity index (χ2v) is 4.41. The van der Waals surface area contributed by atoms with Crippen molar-refractivity contribution in [3.63, 3.8) is 0 Å². The zero-order valence-electron chi connectivity index (χ0n) is 7.90. The van der Waals surface area contributed by atoms with Crippen molar-refractivity contribution in [2.45, 2.75) is 9.79 Å². The Labute approximate surface area is 95.5 Å². The SMILES string of the molecule is Sc1ccc(N2CCNCC2)c(S)c1. The first-order chi connectivity index (χ1) is 6.77. The summed E-state index contributed by atoms with van der Waals surface area (Å²) in [5, 5.41) is 3.33. The van der Waals surface area contributed by atoms with Crippen LogP contribution >= 0.6 is 25.3 Å². The lowest BCUT2D eigenvalue weighted by Gasteiger charge is -2.30. The smallest absolute Gasteiger partial charge is 0.0503 e. The summed E-state index contributed by atoms with van der Waals surface area (Å²) in [6, 6.07) is 6.10. The Morgan fingerprint density at radius 1 is 1.14 bits per heavy atom. The number of thiol groups is 2. The van der Waals surface area contributed by atoms with Gasteiger partial charge in [-0.15, -0.1) is 25.3 Å². The molecule has 2 nitrogen and oxygen atoms in total. The summed E-state index contributed by atoms with van der Waals surface area (Å²) in [6.07, 6.45) is 0. The van der Waals surface area contributed by atoms with Crippen molar-refractivity contribution in [1.29, 1.82) is 0 Å². The highest BCUT2D eigenvalue weighted by molar-refractivity contribution is 7.81. The summed E-state index contributed by atoms with van der Waals surface area (Å²) in [6.45, 7) is 4.21. The molecule has 1 saturated heterocycles. The summed E-state index contributed by atoms with van der Waals surface area (Å²) in [7, 11) is 0. The number of anilines is 1. The van der Waals surface area contributed by atoms with Crippen molar-refractivity contribution >= 4 is 30.9 Å². The second-order valence-electron chi connectivity index (χ2n) is 3.41. The molecule has 0 unspecified atom stereocenters. The van der Waals surface area contributed by atoms with E-state index in [0.717, 1.165) is 36.0 Å². The molecule has 1 aliphatic heterocycles. The summed E-state index contributed by atoms with van der Waals surface area (Å²) in [5.74, 6) is 0. The van der Waals surface area contributed by atoms with Gasteiger partial charge in [0.1, 0.15) is 0 Å². The van der Waals surface area contributed by atoms with Gasteiger partial charge in [0.2, 0.25) is 0 Å². The summed E-state index contributed by atoms with van der Waals surface area (Å²) < 4.78 is 0. The third-order valence-corrected chi connectivity index (χ3v) is 3.05. The Morgan fingerprint density at radius 2 is 1.86 bits per heavy atom. The van der Waals surface area contributed by atoms with Crippen LogP contribution in [0.3, 0.4) is 0 Å². The van der Waals surface area contributed by atoms with Gasteiger partial charge in [0, 0.05) is 36.0 Å². The third kappa shape index (κ3) is 2.19. The molecule has 1 fully saturated rings. The van der Waals surface area contributed by atoms with Gasteiger partial charge in [0.15, 0.2) is 0 Å². The van der Waals surface area contributed by atoms with Crippen molar-refractivity contribution in [3.8, 4) is 0 Å². The molecule has 0 spiro atoms. The van der Waals surface area contributed by atoms with E-state index in [2.05, 4.69) is 41.5 Å². The molecule has 1 aromatic rings. The van der Waals surface area contributed by atoms with Gasteiger partial charge >= 0.3 is 0 Å². The van der Waals surface area contributed by atoms with Crippen LogP contribution in [0.5, 0.6) is 0 Å². The first kappa shape index (κ1) is 10.2. The molecule has 14 heavy (non-hydrogen) atoms. The van der Waals surface area contributed by atoms with Crippen molar-refractivity contribution in [3.05, 3.63) is 18.2 Å². The maximum Gasteiger partial charge on any atom is 0.0503 e. The summed E-state index contributed by atoms with van der Waals surface area (Å²) >= 11 is 8.75. The molecule has 76 valence electrons. The second kappa shape index (κ2) is 4.47. The molecular formula is C10H14N2S2. The van der Waals surface area contributed by atoms with E-state index in [1.807, 2.05) is 12.1 Å². The molecular weight excluding hydrogens is 212 g/mol. The number of rotatable bonds is 1. The van der Waals surface area contributed by atoms with Crippen LogP contribution in [0.4, 0.5) is 5.69 Å². The number of nitrogens with zero attached hydrogens (tertiary/aromatic N) is 1. The minimum atomic E-state index is 0.967. The maximum atomic E-state index is 4.47. The first-order valence-corrected chi connectivity index (χ1v) is 5.64. The van der Waals surface area contributed by atoms with Gasteiger partial charge in [-0.05, 0) is 18.2 Å². The van der Waals surface area contributed by atoms with E-state index in [4.69, 9.17) is 0 Å². The molecule has 0 amide bonds. The Hall–Kier alpha value is -0.320. The predicted molar refractivity (Wildman–Crippen MR) is 66.0 cm³/mol. The highest BCUT2D eigenvalue weighted by atomic mass is 32.1. The highest BCUT2D eigenvalue weighted by Gasteiger charge is 2.12. The van der Waals surface area contributed by atoms with Crippen LogP contribution in [-0.4, -0.2) is 26.2 Å². The van der Waals surface area contributed by atoms with Crippen molar-refractivity contribution in [2.75, 3.05) is 31.1 Å². The average Bonchev–Trinajstić information content (AvgIpc) is 2.19. The van der Waals surface area contributed by atoms with E-state index < -0.39 is 0 Å². The van der Waals surface area contributed by atoms with Crippen LogP contribution in [-0.2, 0) is 0 Å². The fourth-order valence-electron chi connectivity index (χ4n) is 1.68. The van der Waals surface area contributed by atoms with Gasteiger partial charge in [0.25, 0.3) is 0 Å². The van der Waals surface area contributed by atoms with E-state index in [9.17, 15) is 0 Å². The van der Waals surface area contributed by atoms with Crippen LogP contribution in [0.25, 0.3) is 0 Å². The van der Waals surface area contributed by atoms with Gasteiger partial charge in [-0.1, -0.05) is 0 Å². The molecule has 1 aromatic carbocycles. The van der Waals surface area contributed by atoms with Crippen molar-refractivity contribution in [2.24, 2.45) is 0 Å². The molecule has 1 N–H and O–H groups in total. The molecule has 0 radical (unpaired) electrons. The van der Waals surface area contributed by atoms with E-state index in [1.165, 1.54) is 5.69 Å². The normalized spacial score (nSPS) is 17.1. The number of hydrogen-bond donors (Lipinski definition) is 3. The Morgan fingerprint density at radius 3 is 2.50 bits per heavy atom. The van der Waals surface area contributed by atoms with E-state index in [-0.39, 0.29) is 0 Å². The maximum absolute atomic E-state index is 4.47. The summed E-state index contributed by atoms with van der Waals surface area (Å²) in [4.78, 5) is 4.33. The lowest BCUT2D eigenvalue weighted by molar-refractivity contribution is 0.587. The van der Waals surface area contributed by atoms with E-state index in [1.54, 1.807) is 0 Å². The van der Waals surface area contributed by atoms with Crippen molar-refractivity contribution in [1.82, 2.24) is 5.32 Å². The molecule has 0 saturated carbocycles. The Kier molecular flexibility index (Phi) is 3.26. The predicted octanol–water partition coefficient (Wildman–Crippen LogP) is 1.67. The quantitative estimate of drug-likeness (QED) is 0.631. The third-order valence-electron chi connectivity index (χ3n) is 2.42. The van der Waals surface area contributed by atoms with Crippen LogP contribution in [0.2, 0.25) is 0 Å². The zero-order chi connectivity index (χ0) is 9.97. The summed E-state index contributed by atoms with van der Waals surface area (Å²) in [5.41, 5.74) is 1.22. The number of hydrogen-bond acceptors (Lipinski definition) is 4. The van der Waals surface area contributed by atoms with Crippen LogP contribution in [0, 0.1) is 0 Å². The number of nitrogens with one attached hydrogen (secondary N) is 1. The van der Waals surface area contributed by atoms with Crippen molar-refractivity contribution < 1.29 is 0 Å². The van der Waals surface area contributed by atoms with Crippen LogP contribution in [0.1, 0.15) is 0 Å². The first-order valence-electron chi connectivity index (χ1n) is 4.75. The molecule has 0 bridgehead atoms. The zero-order valence-corrected chi connectivity index (χ0v) is 9.69. The van der Waals surface area contributed by atoms with Gasteiger partial charge in [-0.25, -0.2) is 0 Å². The molecule has 0 atom stereocenters. The topological polar surface area (TPSA) is 15.3 Å². The Balaban J connectivity index is 2.22. The van der Waals surface area contributed by atoms with Gasteiger partial charge in [-0.3, -0.25) is 0 Å². The number of benzene rings is 1. The van der Waals surface area contributed by atoms with Crippen LogP contribution in [0.15, 0.2) is 28.0 Å². The minimum absolute atomic E-state index is 0.967. The molecule has 1 aliphatic rings. The lowest BCUT2D eigenvalue weighted by Crippen LogP contribution is -2.43. The van der Waals surface area contributed by atoms with Gasteiger partial charge in [0.05, 0.1) is 5.69 Å². The van der Waals surface area contributed by atoms with Gasteiger partial charge < -0.3 is 10.2 Å². The lowest BCUT2D eigenvalue weighted by atomic mass is 10.2. The fraction of sp³-hybridized carbons (Fsp3) is 0.400. The molecule has 0 aromatic heterocycles. The average molecular weight is 226 g/mol. The van der Waals surface area contributed by atoms with E-state index >= 15 is 0 Å². The van der Waals surface area contributed by atoms with Gasteiger partial charge in [-0.2, -0.15) is 0 Å². The molecule has 2 rings (SSSR count). The van der Waals surface area contributed by atoms with E-state index in [0.29, 0.717) is 0 Å². The van der Waals surface area contributed by atoms with Crippen LogP contribution < -0.4 is 10.2 Å². The number of piperazine rings is 1. The fourth-order valence-corrected chi connectivity index (χ4v) is 2.35. The highest BCUT2D eigenvalue weighted by Crippen LogP contribution is 2.26. The molecule has 0 aliphatic carbocycles. The standard InChI is InChI=1S/C10H14N2S2/c13-8-1-2-9(10(14)7-8)12-5-3-11-4-6-12/h1-2,7,11,13-14H,3-6H2.